The van der Waals surface area contributed by atoms with E-state index in [9.17, 15) is 0 Å². The van der Waals surface area contributed by atoms with Gasteiger partial charge in [0, 0.05) is 16.6 Å². The van der Waals surface area contributed by atoms with Crippen LogP contribution in [0.15, 0.2) is 22.7 Å². The molecule has 1 fully saturated rings. The lowest BCUT2D eigenvalue weighted by Gasteiger charge is -2.20. The molecular formula is C17H26BrNO2. The SMILES string of the molecule is CCCNCc1cc(Br)ccc1OCC1CCC(C)(C)O1. The molecule has 1 aliphatic heterocycles. The highest BCUT2D eigenvalue weighted by Crippen LogP contribution is 2.30. The highest BCUT2D eigenvalue weighted by Gasteiger charge is 2.31. The van der Waals surface area contributed by atoms with Gasteiger partial charge in [-0.15, -0.1) is 0 Å². The summed E-state index contributed by atoms with van der Waals surface area (Å²) in [5, 5.41) is 3.43. The monoisotopic (exact) mass is 355 g/mol. The summed E-state index contributed by atoms with van der Waals surface area (Å²) >= 11 is 3.53. The summed E-state index contributed by atoms with van der Waals surface area (Å²) in [6, 6.07) is 6.18. The Morgan fingerprint density at radius 2 is 2.24 bits per heavy atom. The van der Waals surface area contributed by atoms with Gasteiger partial charge in [0.2, 0.25) is 0 Å². The van der Waals surface area contributed by atoms with E-state index in [2.05, 4.69) is 48.1 Å². The molecule has 0 bridgehead atoms. The third kappa shape index (κ3) is 5.28. The molecule has 0 spiro atoms. The second-order valence-corrected chi connectivity index (χ2v) is 7.19. The standard InChI is InChI=1S/C17H26BrNO2/c1-4-9-19-11-13-10-14(18)5-6-16(13)20-12-15-7-8-17(2,3)21-15/h5-6,10,15,19H,4,7-9,11-12H2,1-3H3. The van der Waals surface area contributed by atoms with Gasteiger partial charge in [-0.3, -0.25) is 0 Å². The molecule has 1 aromatic carbocycles. The van der Waals surface area contributed by atoms with E-state index in [-0.39, 0.29) is 11.7 Å². The van der Waals surface area contributed by atoms with Gasteiger partial charge in [-0.05, 0) is 57.9 Å². The summed E-state index contributed by atoms with van der Waals surface area (Å²) in [5.74, 6) is 0.954. The van der Waals surface area contributed by atoms with E-state index < -0.39 is 0 Å². The van der Waals surface area contributed by atoms with E-state index in [0.29, 0.717) is 6.61 Å². The Balaban J connectivity index is 1.92. The summed E-state index contributed by atoms with van der Waals surface area (Å²) < 4.78 is 13.1. The van der Waals surface area contributed by atoms with Gasteiger partial charge < -0.3 is 14.8 Å². The predicted molar refractivity (Wildman–Crippen MR) is 89.8 cm³/mol. The van der Waals surface area contributed by atoms with E-state index in [1.807, 2.05) is 12.1 Å². The molecule has 118 valence electrons. The van der Waals surface area contributed by atoms with Crippen LogP contribution < -0.4 is 10.1 Å². The van der Waals surface area contributed by atoms with Gasteiger partial charge in [-0.1, -0.05) is 22.9 Å². The Hall–Kier alpha value is -0.580. The summed E-state index contributed by atoms with van der Waals surface area (Å²) in [6.45, 7) is 8.95. The number of hydrogen-bond donors (Lipinski definition) is 1. The number of rotatable bonds is 7. The van der Waals surface area contributed by atoms with Crippen molar-refractivity contribution >= 4 is 15.9 Å². The van der Waals surface area contributed by atoms with Crippen molar-refractivity contribution in [3.05, 3.63) is 28.2 Å². The van der Waals surface area contributed by atoms with Crippen molar-refractivity contribution in [2.24, 2.45) is 0 Å². The molecule has 1 aromatic rings. The van der Waals surface area contributed by atoms with Crippen molar-refractivity contribution < 1.29 is 9.47 Å². The maximum Gasteiger partial charge on any atom is 0.124 e. The van der Waals surface area contributed by atoms with Crippen LogP contribution in [-0.4, -0.2) is 24.9 Å². The Bertz CT molecular complexity index is 462. The normalized spacial score (nSPS) is 20.7. The first-order valence-electron chi connectivity index (χ1n) is 7.80. The van der Waals surface area contributed by atoms with Crippen molar-refractivity contribution in [2.45, 2.75) is 58.3 Å². The molecule has 0 saturated carbocycles. The first-order valence-corrected chi connectivity index (χ1v) is 8.59. The van der Waals surface area contributed by atoms with Gasteiger partial charge >= 0.3 is 0 Å². The minimum atomic E-state index is -0.000740. The predicted octanol–water partition coefficient (Wildman–Crippen LogP) is 4.29. The number of ether oxygens (including phenoxy) is 2. The summed E-state index contributed by atoms with van der Waals surface area (Å²) in [5.41, 5.74) is 1.19. The fourth-order valence-corrected chi connectivity index (χ4v) is 3.01. The largest absolute Gasteiger partial charge is 0.491 e. The van der Waals surface area contributed by atoms with Crippen molar-refractivity contribution in [3.8, 4) is 5.75 Å². The van der Waals surface area contributed by atoms with Gasteiger partial charge in [0.1, 0.15) is 12.4 Å². The minimum Gasteiger partial charge on any atom is -0.491 e. The van der Waals surface area contributed by atoms with Gasteiger partial charge in [-0.2, -0.15) is 0 Å². The number of hydrogen-bond acceptors (Lipinski definition) is 3. The zero-order valence-corrected chi connectivity index (χ0v) is 14.8. The highest BCUT2D eigenvalue weighted by molar-refractivity contribution is 9.10. The van der Waals surface area contributed by atoms with Crippen molar-refractivity contribution in [1.29, 1.82) is 0 Å². The van der Waals surface area contributed by atoms with Crippen LogP contribution >= 0.6 is 15.9 Å². The summed E-state index contributed by atoms with van der Waals surface area (Å²) in [4.78, 5) is 0. The molecule has 1 aliphatic rings. The lowest BCUT2D eigenvalue weighted by atomic mass is 10.1. The average Bonchev–Trinajstić information content (AvgIpc) is 2.78. The van der Waals surface area contributed by atoms with E-state index in [4.69, 9.17) is 9.47 Å². The Morgan fingerprint density at radius 1 is 1.43 bits per heavy atom. The highest BCUT2D eigenvalue weighted by atomic mass is 79.9. The second-order valence-electron chi connectivity index (χ2n) is 6.28. The van der Waals surface area contributed by atoms with E-state index in [1.165, 1.54) is 5.56 Å². The average molecular weight is 356 g/mol. The van der Waals surface area contributed by atoms with Crippen LogP contribution in [0.5, 0.6) is 5.75 Å². The minimum absolute atomic E-state index is 0.000740. The van der Waals surface area contributed by atoms with Crippen LogP contribution in [0.4, 0.5) is 0 Å². The fraction of sp³-hybridized carbons (Fsp3) is 0.647. The summed E-state index contributed by atoms with van der Waals surface area (Å²) in [6.07, 6.45) is 3.52. The topological polar surface area (TPSA) is 30.5 Å². The molecular weight excluding hydrogens is 330 g/mol. The van der Waals surface area contributed by atoms with Crippen LogP contribution in [0.1, 0.15) is 45.6 Å². The molecule has 1 saturated heterocycles. The second kappa shape index (κ2) is 7.61. The number of nitrogens with one attached hydrogen (secondary N) is 1. The zero-order valence-electron chi connectivity index (χ0n) is 13.2. The molecule has 4 heteroatoms. The van der Waals surface area contributed by atoms with Crippen LogP contribution in [-0.2, 0) is 11.3 Å². The zero-order chi connectivity index (χ0) is 15.3. The fourth-order valence-electron chi connectivity index (χ4n) is 2.60. The van der Waals surface area contributed by atoms with Crippen LogP contribution in [0.2, 0.25) is 0 Å². The smallest absolute Gasteiger partial charge is 0.124 e. The van der Waals surface area contributed by atoms with Crippen molar-refractivity contribution in [3.63, 3.8) is 0 Å². The molecule has 0 radical (unpaired) electrons. The van der Waals surface area contributed by atoms with Crippen molar-refractivity contribution in [1.82, 2.24) is 5.32 Å². The quantitative estimate of drug-likeness (QED) is 0.740. The van der Waals surface area contributed by atoms with E-state index in [0.717, 1.165) is 42.6 Å². The molecule has 1 heterocycles. The third-order valence-corrected chi connectivity index (χ3v) is 4.24. The Labute approximate surface area is 136 Å². The van der Waals surface area contributed by atoms with Gasteiger partial charge in [0.25, 0.3) is 0 Å². The Morgan fingerprint density at radius 3 is 2.90 bits per heavy atom. The summed E-state index contributed by atoms with van der Waals surface area (Å²) in [7, 11) is 0. The number of benzene rings is 1. The third-order valence-electron chi connectivity index (χ3n) is 3.74. The molecule has 0 amide bonds. The van der Waals surface area contributed by atoms with Gasteiger partial charge in [0.15, 0.2) is 0 Å². The maximum absolute atomic E-state index is 6.01. The molecule has 3 nitrogen and oxygen atoms in total. The van der Waals surface area contributed by atoms with Crippen molar-refractivity contribution in [2.75, 3.05) is 13.2 Å². The molecule has 0 aliphatic carbocycles. The molecule has 0 aromatic heterocycles. The molecule has 1 atom stereocenters. The van der Waals surface area contributed by atoms with E-state index >= 15 is 0 Å². The van der Waals surface area contributed by atoms with Crippen LogP contribution in [0, 0.1) is 0 Å². The molecule has 2 rings (SSSR count). The first kappa shape index (κ1) is 16.8. The maximum atomic E-state index is 6.01. The Kier molecular flexibility index (Phi) is 6.08. The van der Waals surface area contributed by atoms with Crippen LogP contribution in [0.25, 0.3) is 0 Å². The van der Waals surface area contributed by atoms with Gasteiger partial charge in [-0.25, -0.2) is 0 Å². The van der Waals surface area contributed by atoms with E-state index in [1.54, 1.807) is 0 Å². The lowest BCUT2D eigenvalue weighted by molar-refractivity contribution is -0.0327. The molecule has 1 N–H and O–H groups in total. The molecule has 1 unspecified atom stereocenters. The molecule has 21 heavy (non-hydrogen) atoms. The van der Waals surface area contributed by atoms with Crippen LogP contribution in [0.3, 0.4) is 0 Å². The lowest BCUT2D eigenvalue weighted by Crippen LogP contribution is -2.24. The van der Waals surface area contributed by atoms with Gasteiger partial charge in [0.05, 0.1) is 11.7 Å². The number of halogens is 1. The first-order chi connectivity index (χ1) is 10.00.